The molecule has 0 saturated carbocycles. The maximum absolute atomic E-state index is 12.7. The molecule has 9 heteroatoms. The summed E-state index contributed by atoms with van der Waals surface area (Å²) in [6, 6.07) is 7.98. The molecule has 2 atom stereocenters. The Bertz CT molecular complexity index is 1090. The lowest BCUT2D eigenvalue weighted by molar-refractivity contribution is -0.115. The molecule has 1 saturated heterocycles. The van der Waals surface area contributed by atoms with E-state index in [1.54, 1.807) is 4.52 Å². The van der Waals surface area contributed by atoms with Gasteiger partial charge in [0, 0.05) is 41.4 Å². The van der Waals surface area contributed by atoms with Crippen molar-refractivity contribution in [3.63, 3.8) is 0 Å². The highest BCUT2D eigenvalue weighted by Crippen LogP contribution is 2.23. The lowest BCUT2D eigenvalue weighted by Gasteiger charge is -2.36. The van der Waals surface area contributed by atoms with Crippen molar-refractivity contribution in [3.8, 4) is 0 Å². The van der Waals surface area contributed by atoms with E-state index in [9.17, 15) is 4.79 Å². The van der Waals surface area contributed by atoms with E-state index in [-0.39, 0.29) is 24.5 Å². The van der Waals surface area contributed by atoms with Crippen molar-refractivity contribution < 1.29 is 9.53 Å². The molecule has 1 amide bonds. The van der Waals surface area contributed by atoms with Gasteiger partial charge in [-0.3, -0.25) is 4.79 Å². The highest BCUT2D eigenvalue weighted by molar-refractivity contribution is 7.98. The summed E-state index contributed by atoms with van der Waals surface area (Å²) < 4.78 is 7.52. The van der Waals surface area contributed by atoms with Crippen molar-refractivity contribution in [1.82, 2.24) is 19.6 Å². The maximum atomic E-state index is 12.7. The molecule has 0 aliphatic carbocycles. The van der Waals surface area contributed by atoms with Crippen LogP contribution in [0.2, 0.25) is 0 Å². The molecule has 31 heavy (non-hydrogen) atoms. The van der Waals surface area contributed by atoms with E-state index in [0.29, 0.717) is 10.9 Å². The van der Waals surface area contributed by atoms with Crippen LogP contribution in [-0.2, 0) is 16.0 Å². The number of rotatable bonds is 5. The first kappa shape index (κ1) is 21.6. The summed E-state index contributed by atoms with van der Waals surface area (Å²) >= 11 is 1.47. The molecule has 8 nitrogen and oxygen atoms in total. The zero-order valence-corrected chi connectivity index (χ0v) is 19.4. The number of anilines is 2. The van der Waals surface area contributed by atoms with Crippen LogP contribution in [0, 0.1) is 13.8 Å². The van der Waals surface area contributed by atoms with Gasteiger partial charge in [0.2, 0.25) is 11.1 Å². The number of aryl methyl sites for hydroxylation is 2. The predicted octanol–water partition coefficient (Wildman–Crippen LogP) is 3.26. The number of nitrogens with zero attached hydrogens (tertiary/aromatic N) is 5. The van der Waals surface area contributed by atoms with Gasteiger partial charge in [-0.25, -0.2) is 9.50 Å². The van der Waals surface area contributed by atoms with Crippen molar-refractivity contribution in [2.24, 2.45) is 0 Å². The normalized spacial score (nSPS) is 19.1. The number of benzene rings is 1. The molecule has 0 bridgehead atoms. The van der Waals surface area contributed by atoms with E-state index < -0.39 is 0 Å². The second-order valence-corrected chi connectivity index (χ2v) is 8.78. The van der Waals surface area contributed by atoms with Crippen LogP contribution in [0.5, 0.6) is 0 Å². The quantitative estimate of drug-likeness (QED) is 0.610. The molecule has 1 aromatic carbocycles. The molecule has 3 aromatic rings. The summed E-state index contributed by atoms with van der Waals surface area (Å²) in [6.07, 6.45) is 2.57. The first-order chi connectivity index (χ1) is 14.8. The molecule has 3 heterocycles. The van der Waals surface area contributed by atoms with Gasteiger partial charge in [0.25, 0.3) is 5.78 Å². The Morgan fingerprint density at radius 1 is 1.16 bits per heavy atom. The molecule has 0 spiro atoms. The van der Waals surface area contributed by atoms with Crippen molar-refractivity contribution in [2.75, 3.05) is 29.6 Å². The lowest BCUT2D eigenvalue weighted by atomic mass is 10.1. The summed E-state index contributed by atoms with van der Waals surface area (Å²) in [5.41, 5.74) is 4.47. The number of fused-ring (bicyclic) bond motifs is 1. The van der Waals surface area contributed by atoms with Crippen molar-refractivity contribution in [1.29, 1.82) is 0 Å². The van der Waals surface area contributed by atoms with Crippen LogP contribution < -0.4 is 10.2 Å². The van der Waals surface area contributed by atoms with Crippen molar-refractivity contribution in [3.05, 3.63) is 41.2 Å². The van der Waals surface area contributed by atoms with E-state index in [1.165, 1.54) is 11.8 Å². The van der Waals surface area contributed by atoms with Gasteiger partial charge >= 0.3 is 0 Å². The fourth-order valence-corrected chi connectivity index (χ4v) is 4.38. The number of aromatic nitrogens is 4. The van der Waals surface area contributed by atoms with Gasteiger partial charge in [-0.2, -0.15) is 4.98 Å². The minimum Gasteiger partial charge on any atom is -0.372 e. The van der Waals surface area contributed by atoms with Gasteiger partial charge in [-0.15, -0.1) is 5.10 Å². The molecular formula is C22H28N6O2S. The average Bonchev–Trinajstić information content (AvgIpc) is 3.14. The SMILES string of the molecule is CSc1nc2nc(C)c(CC(=O)Nc3ccc(N4C[C@@H](C)O[C@H](C)C4)cc3)c(C)n2n1. The topological polar surface area (TPSA) is 84.7 Å². The molecule has 1 N–H and O–H groups in total. The molecular weight excluding hydrogens is 412 g/mol. The fourth-order valence-electron chi connectivity index (χ4n) is 4.04. The monoisotopic (exact) mass is 440 g/mol. The van der Waals surface area contributed by atoms with Gasteiger partial charge in [-0.1, -0.05) is 11.8 Å². The standard InChI is InChI=1S/C22H28N6O2S/c1-13-11-27(12-14(2)30-13)18-8-6-17(7-9-18)24-20(29)10-19-15(3)23-21-25-22(31-5)26-28(21)16(19)4/h6-9,13-14H,10-12H2,1-5H3,(H,24,29)/t13-,14-/m1/s1. The third-order valence-electron chi connectivity index (χ3n) is 5.49. The van der Waals surface area contributed by atoms with Crippen LogP contribution in [0.1, 0.15) is 30.8 Å². The fraction of sp³-hybridized carbons (Fsp3) is 0.455. The minimum atomic E-state index is -0.0843. The van der Waals surface area contributed by atoms with Crippen LogP contribution in [0.15, 0.2) is 29.4 Å². The number of nitrogens with one attached hydrogen (secondary N) is 1. The van der Waals surface area contributed by atoms with E-state index in [0.717, 1.165) is 41.4 Å². The number of carbonyl (C=O) groups excluding carboxylic acids is 1. The van der Waals surface area contributed by atoms with Crippen LogP contribution in [-0.4, -0.2) is 57.0 Å². The molecule has 2 aromatic heterocycles. The van der Waals surface area contributed by atoms with Crippen LogP contribution in [0.25, 0.3) is 5.78 Å². The Morgan fingerprint density at radius 3 is 2.48 bits per heavy atom. The molecule has 1 fully saturated rings. The van der Waals surface area contributed by atoms with E-state index in [4.69, 9.17) is 4.74 Å². The van der Waals surface area contributed by atoms with Crippen LogP contribution in [0.4, 0.5) is 11.4 Å². The zero-order valence-electron chi connectivity index (χ0n) is 18.5. The summed E-state index contributed by atoms with van der Waals surface area (Å²) in [6.45, 7) is 9.77. The minimum absolute atomic E-state index is 0.0843. The van der Waals surface area contributed by atoms with Crippen LogP contribution in [0.3, 0.4) is 0 Å². The number of amides is 1. The molecule has 1 aliphatic rings. The maximum Gasteiger partial charge on any atom is 0.253 e. The highest BCUT2D eigenvalue weighted by atomic mass is 32.2. The van der Waals surface area contributed by atoms with Crippen molar-refractivity contribution in [2.45, 2.75) is 51.5 Å². The third-order valence-corrected chi connectivity index (χ3v) is 6.02. The zero-order chi connectivity index (χ0) is 22.1. The summed E-state index contributed by atoms with van der Waals surface area (Å²) in [5.74, 6) is 0.477. The number of carbonyl (C=O) groups is 1. The molecule has 4 rings (SSSR count). The number of thioether (sulfide) groups is 1. The van der Waals surface area contributed by atoms with E-state index >= 15 is 0 Å². The lowest BCUT2D eigenvalue weighted by Crippen LogP contribution is -2.45. The van der Waals surface area contributed by atoms with Gasteiger partial charge in [0.15, 0.2) is 0 Å². The molecule has 164 valence electrons. The van der Waals surface area contributed by atoms with E-state index in [1.807, 2.05) is 44.4 Å². The van der Waals surface area contributed by atoms with Crippen LogP contribution >= 0.6 is 11.8 Å². The van der Waals surface area contributed by atoms with Gasteiger partial charge in [-0.05, 0) is 58.2 Å². The largest absolute Gasteiger partial charge is 0.372 e. The van der Waals surface area contributed by atoms with E-state index in [2.05, 4.69) is 39.1 Å². The third kappa shape index (κ3) is 4.67. The van der Waals surface area contributed by atoms with Gasteiger partial charge in [0.1, 0.15) is 0 Å². The summed E-state index contributed by atoms with van der Waals surface area (Å²) in [5, 5.41) is 8.11. The first-order valence-electron chi connectivity index (χ1n) is 10.4. The Balaban J connectivity index is 1.45. The second kappa shape index (κ2) is 8.84. The summed E-state index contributed by atoms with van der Waals surface area (Å²) in [4.78, 5) is 24.0. The Labute approximate surface area is 186 Å². The highest BCUT2D eigenvalue weighted by Gasteiger charge is 2.22. The number of morpholine rings is 1. The number of hydrogen-bond donors (Lipinski definition) is 1. The Morgan fingerprint density at radius 2 is 1.84 bits per heavy atom. The summed E-state index contributed by atoms with van der Waals surface area (Å²) in [7, 11) is 0. The smallest absolute Gasteiger partial charge is 0.253 e. The second-order valence-electron chi connectivity index (χ2n) is 8.01. The van der Waals surface area contributed by atoms with Gasteiger partial charge < -0.3 is 15.0 Å². The number of ether oxygens (including phenoxy) is 1. The molecule has 1 aliphatic heterocycles. The number of hydrogen-bond acceptors (Lipinski definition) is 7. The van der Waals surface area contributed by atoms with Gasteiger partial charge in [0.05, 0.1) is 18.6 Å². The molecule has 0 unspecified atom stereocenters. The predicted molar refractivity (Wildman–Crippen MR) is 123 cm³/mol. The Hall–Kier alpha value is -2.65. The molecule has 0 radical (unpaired) electrons. The van der Waals surface area contributed by atoms with Crippen molar-refractivity contribution >= 4 is 34.8 Å². The Kier molecular flexibility index (Phi) is 6.15. The first-order valence-corrected chi connectivity index (χ1v) is 11.6. The average molecular weight is 441 g/mol.